The van der Waals surface area contributed by atoms with E-state index in [-0.39, 0.29) is 18.4 Å². The maximum absolute atomic E-state index is 12.2. The number of hydrogen-bond acceptors (Lipinski definition) is 4. The molecule has 1 saturated heterocycles. The van der Waals surface area contributed by atoms with Crippen LogP contribution >= 0.6 is 11.6 Å². The summed E-state index contributed by atoms with van der Waals surface area (Å²) < 4.78 is 5.23. The van der Waals surface area contributed by atoms with Crippen molar-refractivity contribution in [3.8, 4) is 5.75 Å². The smallest absolute Gasteiger partial charge is 0.306 e. The van der Waals surface area contributed by atoms with E-state index < -0.39 is 5.97 Å². The molecule has 1 aromatic rings. The lowest BCUT2D eigenvalue weighted by atomic mass is 9.97. The third kappa shape index (κ3) is 4.59. The van der Waals surface area contributed by atoms with E-state index in [2.05, 4.69) is 5.32 Å². The number of amides is 1. The molecule has 0 saturated carbocycles. The zero-order valence-electron chi connectivity index (χ0n) is 13.3. The number of halogens is 1. The highest BCUT2D eigenvalue weighted by atomic mass is 35.5. The Morgan fingerprint density at radius 2 is 2.04 bits per heavy atom. The maximum Gasteiger partial charge on any atom is 0.306 e. The van der Waals surface area contributed by atoms with Crippen LogP contribution in [0.3, 0.4) is 0 Å². The molecule has 1 aliphatic rings. The number of nitrogens with one attached hydrogen (secondary N) is 1. The summed E-state index contributed by atoms with van der Waals surface area (Å²) in [6.07, 6.45) is 1.15. The van der Waals surface area contributed by atoms with Gasteiger partial charge in [0.1, 0.15) is 5.75 Å². The van der Waals surface area contributed by atoms with Gasteiger partial charge in [-0.15, -0.1) is 0 Å². The van der Waals surface area contributed by atoms with Gasteiger partial charge in [-0.25, -0.2) is 0 Å². The van der Waals surface area contributed by atoms with Crippen molar-refractivity contribution in [1.29, 1.82) is 0 Å². The van der Waals surface area contributed by atoms with Crippen LogP contribution in [-0.2, 0) is 9.59 Å². The number of carboxylic acids is 1. The summed E-state index contributed by atoms with van der Waals surface area (Å²) >= 11 is 6.05. The Labute approximate surface area is 140 Å². The molecule has 1 fully saturated rings. The van der Waals surface area contributed by atoms with Gasteiger partial charge in [-0.05, 0) is 44.5 Å². The molecule has 0 unspecified atom stereocenters. The summed E-state index contributed by atoms with van der Waals surface area (Å²) in [5, 5.41) is 12.4. The number of methoxy groups -OCH3 is 1. The van der Waals surface area contributed by atoms with Crippen molar-refractivity contribution in [3.05, 3.63) is 22.7 Å². The van der Waals surface area contributed by atoms with E-state index in [4.69, 9.17) is 21.4 Å². The lowest BCUT2D eigenvalue weighted by Crippen LogP contribution is -2.40. The molecule has 126 valence electrons. The number of aliphatic carboxylic acids is 1. The number of carbonyl (C=O) groups is 2. The number of likely N-dealkylation sites (tertiary alicyclic amines) is 1. The van der Waals surface area contributed by atoms with Crippen LogP contribution < -0.4 is 10.1 Å². The summed E-state index contributed by atoms with van der Waals surface area (Å²) in [6, 6.07) is 3.45. The zero-order valence-corrected chi connectivity index (χ0v) is 14.0. The molecule has 6 nitrogen and oxygen atoms in total. The summed E-state index contributed by atoms with van der Waals surface area (Å²) in [7, 11) is 1.52. The molecular weight excluding hydrogens is 320 g/mol. The second-order valence-corrected chi connectivity index (χ2v) is 6.15. The number of nitrogens with zero attached hydrogens (tertiary/aromatic N) is 1. The number of piperidine rings is 1. The van der Waals surface area contributed by atoms with Crippen LogP contribution in [0.1, 0.15) is 18.4 Å². The second kappa shape index (κ2) is 7.66. The highest BCUT2D eigenvalue weighted by Crippen LogP contribution is 2.31. The molecular formula is C16H21ClN2O4. The minimum Gasteiger partial charge on any atom is -0.495 e. The topological polar surface area (TPSA) is 78.9 Å². The van der Waals surface area contributed by atoms with E-state index in [0.29, 0.717) is 42.4 Å². The quantitative estimate of drug-likeness (QED) is 0.860. The van der Waals surface area contributed by atoms with Crippen molar-refractivity contribution < 1.29 is 19.4 Å². The Morgan fingerprint density at radius 3 is 2.61 bits per heavy atom. The van der Waals surface area contributed by atoms with Crippen molar-refractivity contribution in [3.63, 3.8) is 0 Å². The lowest BCUT2D eigenvalue weighted by Gasteiger charge is -2.29. The third-order valence-electron chi connectivity index (χ3n) is 4.06. The van der Waals surface area contributed by atoms with Crippen molar-refractivity contribution >= 4 is 29.2 Å². The van der Waals surface area contributed by atoms with Gasteiger partial charge in [0.25, 0.3) is 0 Å². The average Bonchev–Trinajstić information content (AvgIpc) is 2.51. The lowest BCUT2D eigenvalue weighted by molar-refractivity contribution is -0.143. The van der Waals surface area contributed by atoms with Gasteiger partial charge in [-0.3, -0.25) is 14.5 Å². The molecule has 0 radical (unpaired) electrons. The van der Waals surface area contributed by atoms with Gasteiger partial charge in [0.2, 0.25) is 5.91 Å². The zero-order chi connectivity index (χ0) is 17.0. The standard InChI is InChI=1S/C16H21ClN2O4/c1-10-7-13(14(23-2)8-12(10)17)18-15(20)9-19-5-3-11(4-6-19)16(21)22/h7-8,11H,3-6,9H2,1-2H3,(H,18,20)(H,21,22). The summed E-state index contributed by atoms with van der Waals surface area (Å²) in [4.78, 5) is 25.1. The Balaban J connectivity index is 1.93. The van der Waals surface area contributed by atoms with Gasteiger partial charge >= 0.3 is 5.97 Å². The van der Waals surface area contributed by atoms with Crippen LogP contribution in [0.4, 0.5) is 5.69 Å². The molecule has 1 heterocycles. The van der Waals surface area contributed by atoms with E-state index >= 15 is 0 Å². The predicted molar refractivity (Wildman–Crippen MR) is 88.2 cm³/mol. The first-order chi connectivity index (χ1) is 10.9. The van der Waals surface area contributed by atoms with Crippen LogP contribution in [-0.4, -0.2) is 48.6 Å². The van der Waals surface area contributed by atoms with Crippen molar-refractivity contribution in [2.75, 3.05) is 32.1 Å². The fraction of sp³-hybridized carbons (Fsp3) is 0.500. The first kappa shape index (κ1) is 17.6. The summed E-state index contributed by atoms with van der Waals surface area (Å²) in [5.41, 5.74) is 1.44. The Hall–Kier alpha value is -1.79. The molecule has 2 rings (SSSR count). The molecule has 0 bridgehead atoms. The molecule has 0 aliphatic carbocycles. The van der Waals surface area contributed by atoms with Crippen molar-refractivity contribution in [2.24, 2.45) is 5.92 Å². The number of aryl methyl sites for hydroxylation is 1. The molecule has 1 aromatic carbocycles. The van der Waals surface area contributed by atoms with Gasteiger partial charge in [0.15, 0.2) is 0 Å². The molecule has 2 N–H and O–H groups in total. The van der Waals surface area contributed by atoms with Crippen molar-refractivity contribution in [1.82, 2.24) is 4.90 Å². The number of ether oxygens (including phenoxy) is 1. The molecule has 0 aromatic heterocycles. The third-order valence-corrected chi connectivity index (χ3v) is 4.47. The fourth-order valence-corrected chi connectivity index (χ4v) is 2.81. The van der Waals surface area contributed by atoms with Gasteiger partial charge in [-0.1, -0.05) is 11.6 Å². The first-order valence-electron chi connectivity index (χ1n) is 7.50. The number of rotatable bonds is 5. The molecule has 23 heavy (non-hydrogen) atoms. The molecule has 0 atom stereocenters. The molecule has 0 spiro atoms. The first-order valence-corrected chi connectivity index (χ1v) is 7.87. The number of benzene rings is 1. The number of hydrogen-bond donors (Lipinski definition) is 2. The minimum absolute atomic E-state index is 0.154. The highest BCUT2D eigenvalue weighted by molar-refractivity contribution is 6.31. The van der Waals surface area contributed by atoms with Gasteiger partial charge in [0.05, 0.1) is 25.3 Å². The summed E-state index contributed by atoms with van der Waals surface area (Å²) in [6.45, 7) is 3.31. The van der Waals surface area contributed by atoms with Crippen LogP contribution in [0.15, 0.2) is 12.1 Å². The van der Waals surface area contributed by atoms with E-state index in [1.54, 1.807) is 12.1 Å². The monoisotopic (exact) mass is 340 g/mol. The molecule has 7 heteroatoms. The van der Waals surface area contributed by atoms with Crippen LogP contribution in [0, 0.1) is 12.8 Å². The maximum atomic E-state index is 12.2. The van der Waals surface area contributed by atoms with Gasteiger partial charge < -0.3 is 15.2 Å². The van der Waals surface area contributed by atoms with Gasteiger partial charge in [0, 0.05) is 11.1 Å². The predicted octanol–water partition coefficient (Wildman–Crippen LogP) is 2.39. The van der Waals surface area contributed by atoms with Gasteiger partial charge in [-0.2, -0.15) is 0 Å². The average molecular weight is 341 g/mol. The largest absolute Gasteiger partial charge is 0.495 e. The van der Waals surface area contributed by atoms with E-state index in [1.165, 1.54) is 7.11 Å². The fourth-order valence-electron chi connectivity index (χ4n) is 2.66. The van der Waals surface area contributed by atoms with E-state index in [9.17, 15) is 9.59 Å². The SMILES string of the molecule is COc1cc(Cl)c(C)cc1NC(=O)CN1CCC(C(=O)O)CC1. The van der Waals surface area contributed by atoms with E-state index in [1.807, 2.05) is 11.8 Å². The van der Waals surface area contributed by atoms with Crippen LogP contribution in [0.5, 0.6) is 5.75 Å². The Bertz CT molecular complexity index is 598. The normalized spacial score (nSPS) is 16.1. The van der Waals surface area contributed by atoms with Crippen molar-refractivity contribution in [2.45, 2.75) is 19.8 Å². The number of anilines is 1. The highest BCUT2D eigenvalue weighted by Gasteiger charge is 2.25. The second-order valence-electron chi connectivity index (χ2n) is 5.74. The number of carboxylic acid groups (broad SMARTS) is 1. The minimum atomic E-state index is -0.754. The van der Waals surface area contributed by atoms with Crippen LogP contribution in [0.25, 0.3) is 0 Å². The molecule has 1 amide bonds. The van der Waals surface area contributed by atoms with E-state index in [0.717, 1.165) is 5.56 Å². The van der Waals surface area contributed by atoms with Crippen LogP contribution in [0.2, 0.25) is 5.02 Å². The Kier molecular flexibility index (Phi) is 5.85. The Morgan fingerprint density at radius 1 is 1.39 bits per heavy atom. The molecule has 1 aliphatic heterocycles. The summed E-state index contributed by atoms with van der Waals surface area (Å²) in [5.74, 6) is -0.693. The number of carbonyl (C=O) groups excluding carboxylic acids is 1.